The van der Waals surface area contributed by atoms with Crippen molar-refractivity contribution in [1.82, 2.24) is 10.2 Å². The maximum absolute atomic E-state index is 13.8. The molecule has 0 unspecified atom stereocenters. The molecular weight excluding hydrogens is 424 g/mol. The largest absolute Gasteiger partial charge is 0.491 e. The number of rotatable bonds is 3. The highest BCUT2D eigenvalue weighted by Gasteiger charge is 2.43. The fourth-order valence-electron chi connectivity index (χ4n) is 6.25. The number of amides is 2. The predicted molar refractivity (Wildman–Crippen MR) is 136 cm³/mol. The Morgan fingerprint density at radius 1 is 1.06 bits per heavy atom. The number of carbonyl (C=O) groups is 2. The van der Waals surface area contributed by atoms with Crippen molar-refractivity contribution in [3.8, 4) is 5.75 Å². The fraction of sp³-hybridized carbons (Fsp3) is 0.724. The number of piperidine rings is 1. The minimum atomic E-state index is -0.359. The number of fused-ring (bicyclic) bond motifs is 1. The summed E-state index contributed by atoms with van der Waals surface area (Å²) < 4.78 is 6.28. The van der Waals surface area contributed by atoms with E-state index in [1.165, 1.54) is 18.4 Å². The van der Waals surface area contributed by atoms with Gasteiger partial charge in [0.05, 0.1) is 11.5 Å². The monoisotopic (exact) mass is 468 g/mol. The zero-order chi connectivity index (χ0) is 24.0. The Morgan fingerprint density at radius 2 is 1.79 bits per heavy atom. The zero-order valence-electron chi connectivity index (χ0n) is 21.3. The second-order valence-corrected chi connectivity index (χ2v) is 11.4. The lowest BCUT2D eigenvalue weighted by atomic mass is 9.73. The van der Waals surface area contributed by atoms with Gasteiger partial charge in [-0.25, -0.2) is 0 Å². The Kier molecular flexibility index (Phi) is 8.55. The summed E-state index contributed by atoms with van der Waals surface area (Å²) >= 11 is 0. The molecule has 2 fully saturated rings. The third-order valence-corrected chi connectivity index (χ3v) is 8.32. The van der Waals surface area contributed by atoms with Gasteiger partial charge in [-0.2, -0.15) is 0 Å². The molecule has 1 spiro atoms. The quantitative estimate of drug-likeness (QED) is 0.636. The Labute approximate surface area is 206 Å². The molecule has 3 aliphatic rings. The number of hydrogen-bond donors (Lipinski definition) is 1. The van der Waals surface area contributed by atoms with Crippen LogP contribution in [0.3, 0.4) is 0 Å². The molecule has 34 heavy (non-hydrogen) atoms. The van der Waals surface area contributed by atoms with Crippen LogP contribution in [0.25, 0.3) is 0 Å². The SMILES string of the molecule is CC(C)C[C@H]1COc2ccccc2CCCCCC2(CCN(C(=O)C3CCCC3)CC2)C(=O)N1. The molecular formula is C29H44N2O3. The lowest BCUT2D eigenvalue weighted by molar-refractivity contribution is -0.144. The maximum Gasteiger partial charge on any atom is 0.226 e. The van der Waals surface area contributed by atoms with Crippen LogP contribution in [0.15, 0.2) is 24.3 Å². The van der Waals surface area contributed by atoms with Gasteiger partial charge in [-0.05, 0) is 68.9 Å². The van der Waals surface area contributed by atoms with Gasteiger partial charge in [0.2, 0.25) is 11.8 Å². The van der Waals surface area contributed by atoms with Gasteiger partial charge in [0.15, 0.2) is 0 Å². The van der Waals surface area contributed by atoms with Gasteiger partial charge in [-0.1, -0.05) is 57.7 Å². The summed E-state index contributed by atoms with van der Waals surface area (Å²) in [6, 6.07) is 8.34. The Bertz CT molecular complexity index is 822. The van der Waals surface area contributed by atoms with Crippen molar-refractivity contribution in [2.45, 2.75) is 96.9 Å². The fourth-order valence-corrected chi connectivity index (χ4v) is 6.25. The Morgan fingerprint density at radius 3 is 2.53 bits per heavy atom. The lowest BCUT2D eigenvalue weighted by Gasteiger charge is -2.42. The molecule has 1 aromatic carbocycles. The van der Waals surface area contributed by atoms with E-state index in [0.717, 1.165) is 83.0 Å². The molecule has 2 aliphatic heterocycles. The van der Waals surface area contributed by atoms with E-state index in [-0.39, 0.29) is 23.3 Å². The van der Waals surface area contributed by atoms with Crippen molar-refractivity contribution >= 4 is 11.8 Å². The average molecular weight is 469 g/mol. The van der Waals surface area contributed by atoms with Crippen LogP contribution in [-0.2, 0) is 16.0 Å². The first-order valence-corrected chi connectivity index (χ1v) is 13.8. The van der Waals surface area contributed by atoms with Gasteiger partial charge in [0, 0.05) is 19.0 Å². The molecule has 1 aliphatic carbocycles. The number of likely N-dealkylation sites (tertiary alicyclic amines) is 1. The third kappa shape index (κ3) is 6.14. The van der Waals surface area contributed by atoms with Gasteiger partial charge in [0.1, 0.15) is 12.4 Å². The summed E-state index contributed by atoms with van der Waals surface area (Å²) in [4.78, 5) is 28.8. The van der Waals surface area contributed by atoms with E-state index in [0.29, 0.717) is 18.4 Å². The second-order valence-electron chi connectivity index (χ2n) is 11.4. The van der Waals surface area contributed by atoms with Crippen molar-refractivity contribution < 1.29 is 14.3 Å². The van der Waals surface area contributed by atoms with Crippen LogP contribution in [0, 0.1) is 17.3 Å². The first-order valence-electron chi connectivity index (χ1n) is 13.8. The molecule has 2 amide bonds. The van der Waals surface area contributed by atoms with Gasteiger partial charge < -0.3 is 15.0 Å². The van der Waals surface area contributed by atoms with Gasteiger partial charge in [-0.3, -0.25) is 9.59 Å². The zero-order valence-corrected chi connectivity index (χ0v) is 21.3. The number of carbonyl (C=O) groups excluding carboxylic acids is 2. The number of aryl methyl sites for hydroxylation is 1. The highest BCUT2D eigenvalue weighted by Crippen LogP contribution is 2.39. The van der Waals surface area contributed by atoms with Crippen LogP contribution in [0.1, 0.15) is 90.0 Å². The number of nitrogens with one attached hydrogen (secondary N) is 1. The standard InChI is InChI=1S/C29H44N2O3/c1-22(2)20-25-21-34-26-14-8-7-11-23(26)10-4-3-9-15-29(28(33)30-25)16-18-31(19-17-29)27(32)24-12-5-6-13-24/h7-8,11,14,22,24-25H,3-6,9-10,12-13,15-21H2,1-2H3,(H,30,33)/t25-/m0/s1. The van der Waals surface area contributed by atoms with Crippen LogP contribution in [-0.4, -0.2) is 42.5 Å². The van der Waals surface area contributed by atoms with Crippen LogP contribution in [0.2, 0.25) is 0 Å². The molecule has 0 aromatic heterocycles. The summed E-state index contributed by atoms with van der Waals surface area (Å²) in [6.45, 7) is 6.34. The normalized spacial score (nSPS) is 24.5. The molecule has 1 N–H and O–H groups in total. The molecule has 188 valence electrons. The Hall–Kier alpha value is -2.04. The van der Waals surface area contributed by atoms with Crippen molar-refractivity contribution in [2.75, 3.05) is 19.7 Å². The molecule has 4 rings (SSSR count). The predicted octanol–water partition coefficient (Wildman–Crippen LogP) is 5.51. The van der Waals surface area contributed by atoms with E-state index >= 15 is 0 Å². The summed E-state index contributed by atoms with van der Waals surface area (Å²) in [5.41, 5.74) is 0.910. The summed E-state index contributed by atoms with van der Waals surface area (Å²) in [7, 11) is 0. The molecule has 5 heteroatoms. The van der Waals surface area contributed by atoms with E-state index in [1.54, 1.807) is 0 Å². The third-order valence-electron chi connectivity index (χ3n) is 8.32. The highest BCUT2D eigenvalue weighted by molar-refractivity contribution is 5.84. The molecule has 0 bridgehead atoms. The topological polar surface area (TPSA) is 58.6 Å². The maximum atomic E-state index is 13.8. The van der Waals surface area contributed by atoms with Gasteiger partial charge >= 0.3 is 0 Å². The summed E-state index contributed by atoms with van der Waals surface area (Å²) in [5, 5.41) is 3.41. The number of ether oxygens (including phenoxy) is 1. The van der Waals surface area contributed by atoms with Crippen LogP contribution < -0.4 is 10.1 Å². The number of benzene rings is 1. The van der Waals surface area contributed by atoms with Crippen molar-refractivity contribution in [1.29, 1.82) is 0 Å². The number of para-hydroxylation sites is 1. The Balaban J connectivity index is 1.47. The minimum absolute atomic E-state index is 0.00339. The smallest absolute Gasteiger partial charge is 0.226 e. The molecule has 1 aromatic rings. The van der Waals surface area contributed by atoms with Gasteiger partial charge in [0.25, 0.3) is 0 Å². The van der Waals surface area contributed by atoms with E-state index in [4.69, 9.17) is 4.74 Å². The first-order chi connectivity index (χ1) is 16.5. The average Bonchev–Trinajstić information content (AvgIpc) is 3.37. The van der Waals surface area contributed by atoms with Crippen LogP contribution in [0.4, 0.5) is 0 Å². The molecule has 0 radical (unpaired) electrons. The van der Waals surface area contributed by atoms with E-state index < -0.39 is 0 Å². The van der Waals surface area contributed by atoms with E-state index in [2.05, 4.69) is 42.3 Å². The van der Waals surface area contributed by atoms with Crippen molar-refractivity contribution in [2.24, 2.45) is 17.3 Å². The summed E-state index contributed by atoms with van der Waals surface area (Å²) in [6.07, 6.45) is 12.1. The molecule has 1 saturated carbocycles. The van der Waals surface area contributed by atoms with Gasteiger partial charge in [-0.15, -0.1) is 0 Å². The van der Waals surface area contributed by atoms with Crippen molar-refractivity contribution in [3.05, 3.63) is 29.8 Å². The lowest BCUT2D eigenvalue weighted by Crippen LogP contribution is -2.53. The van der Waals surface area contributed by atoms with Crippen LogP contribution in [0.5, 0.6) is 5.75 Å². The highest BCUT2D eigenvalue weighted by atomic mass is 16.5. The van der Waals surface area contributed by atoms with Crippen LogP contribution >= 0.6 is 0 Å². The molecule has 1 saturated heterocycles. The molecule has 5 nitrogen and oxygen atoms in total. The molecule has 1 atom stereocenters. The summed E-state index contributed by atoms with van der Waals surface area (Å²) in [5.74, 6) is 2.17. The van der Waals surface area contributed by atoms with E-state index in [9.17, 15) is 9.59 Å². The number of nitrogens with zero attached hydrogens (tertiary/aromatic N) is 1. The molecule has 2 heterocycles. The number of hydrogen-bond acceptors (Lipinski definition) is 3. The second kappa shape index (κ2) is 11.6. The van der Waals surface area contributed by atoms with E-state index in [1.807, 2.05) is 6.07 Å². The minimum Gasteiger partial charge on any atom is -0.491 e. The van der Waals surface area contributed by atoms with Crippen molar-refractivity contribution in [3.63, 3.8) is 0 Å². The first kappa shape index (κ1) is 25.1.